The lowest BCUT2D eigenvalue weighted by Crippen LogP contribution is -2.14. The first kappa shape index (κ1) is 14.4. The second-order valence-electron chi connectivity index (χ2n) is 4.07. The van der Waals surface area contributed by atoms with Gasteiger partial charge in [-0.05, 0) is 24.3 Å². The molecular weight excluding hydrogens is 279 g/mol. The molecule has 0 fully saturated rings. The first-order chi connectivity index (χ1) is 10.0. The van der Waals surface area contributed by atoms with E-state index in [1.54, 1.807) is 0 Å². The van der Waals surface area contributed by atoms with E-state index in [2.05, 4.69) is 5.32 Å². The molecule has 0 aliphatic carbocycles. The smallest absolute Gasteiger partial charge is 0.296 e. The van der Waals surface area contributed by atoms with Crippen molar-refractivity contribution < 1.29 is 18.8 Å². The van der Waals surface area contributed by atoms with Crippen molar-refractivity contribution in [2.24, 2.45) is 0 Å². The Labute approximate surface area is 119 Å². The highest BCUT2D eigenvalue weighted by molar-refractivity contribution is 6.05. The summed E-state index contributed by atoms with van der Waals surface area (Å²) in [5.41, 5.74) is -0.560. The number of nitrogens with one attached hydrogen (secondary N) is 1. The van der Waals surface area contributed by atoms with Gasteiger partial charge < -0.3 is 10.1 Å². The van der Waals surface area contributed by atoms with Crippen molar-refractivity contribution in [1.29, 1.82) is 0 Å². The maximum absolute atomic E-state index is 13.5. The number of carbonyl (C=O) groups is 1. The summed E-state index contributed by atoms with van der Waals surface area (Å²) in [5, 5.41) is 13.3. The molecule has 0 bridgehead atoms. The summed E-state index contributed by atoms with van der Waals surface area (Å²) in [5.74, 6) is -1.18. The molecule has 0 saturated carbocycles. The molecule has 1 amide bonds. The minimum Gasteiger partial charge on any atom is -0.496 e. The fourth-order valence-electron chi connectivity index (χ4n) is 1.73. The third-order valence-electron chi connectivity index (χ3n) is 2.77. The number of nitro groups is 1. The zero-order valence-corrected chi connectivity index (χ0v) is 11.0. The van der Waals surface area contributed by atoms with E-state index in [4.69, 9.17) is 4.74 Å². The maximum Gasteiger partial charge on any atom is 0.296 e. The number of amides is 1. The van der Waals surface area contributed by atoms with Gasteiger partial charge in [-0.2, -0.15) is 0 Å². The van der Waals surface area contributed by atoms with E-state index in [1.807, 2.05) is 0 Å². The van der Waals surface area contributed by atoms with E-state index >= 15 is 0 Å². The molecule has 0 heterocycles. The molecule has 6 nitrogen and oxygen atoms in total. The van der Waals surface area contributed by atoms with Crippen molar-refractivity contribution in [3.05, 3.63) is 64.0 Å². The molecule has 0 spiro atoms. The molecule has 0 aliphatic heterocycles. The Morgan fingerprint density at radius 2 is 2.00 bits per heavy atom. The molecule has 0 aromatic heterocycles. The second-order valence-corrected chi connectivity index (χ2v) is 4.07. The van der Waals surface area contributed by atoms with Gasteiger partial charge in [0.2, 0.25) is 0 Å². The van der Waals surface area contributed by atoms with Gasteiger partial charge in [0.05, 0.1) is 23.7 Å². The highest BCUT2D eigenvalue weighted by Crippen LogP contribution is 2.29. The first-order valence-corrected chi connectivity index (χ1v) is 5.91. The predicted molar refractivity (Wildman–Crippen MR) is 74.0 cm³/mol. The molecule has 0 saturated heterocycles. The van der Waals surface area contributed by atoms with Gasteiger partial charge >= 0.3 is 0 Å². The topological polar surface area (TPSA) is 81.5 Å². The van der Waals surface area contributed by atoms with Crippen molar-refractivity contribution in [3.8, 4) is 5.75 Å². The Kier molecular flexibility index (Phi) is 4.13. The molecule has 2 aromatic rings. The second kappa shape index (κ2) is 6.00. The number of carbonyl (C=O) groups excluding carboxylic acids is 1. The van der Waals surface area contributed by atoms with Crippen LogP contribution < -0.4 is 10.1 Å². The number of nitrogens with zero attached hydrogens (tertiary/aromatic N) is 1. The average Bonchev–Trinajstić information content (AvgIpc) is 2.47. The number of rotatable bonds is 4. The fourth-order valence-corrected chi connectivity index (χ4v) is 1.73. The Morgan fingerprint density at radius 3 is 2.62 bits per heavy atom. The molecule has 7 heteroatoms. The SMILES string of the molecule is COc1ccc(NC(=O)c2ccccc2F)c([N+](=O)[O-])c1. The lowest BCUT2D eigenvalue weighted by atomic mass is 10.2. The zero-order chi connectivity index (χ0) is 15.4. The van der Waals surface area contributed by atoms with E-state index < -0.39 is 16.6 Å². The first-order valence-electron chi connectivity index (χ1n) is 5.91. The predicted octanol–water partition coefficient (Wildman–Crippen LogP) is 2.99. The summed E-state index contributed by atoms with van der Waals surface area (Å²) in [6.07, 6.45) is 0. The molecule has 1 N–H and O–H groups in total. The Hall–Kier alpha value is -2.96. The van der Waals surface area contributed by atoms with Crippen LogP contribution in [-0.4, -0.2) is 17.9 Å². The Balaban J connectivity index is 2.33. The Morgan fingerprint density at radius 1 is 1.29 bits per heavy atom. The number of halogens is 1. The molecule has 108 valence electrons. The van der Waals surface area contributed by atoms with Crippen molar-refractivity contribution in [2.75, 3.05) is 12.4 Å². The van der Waals surface area contributed by atoms with Crippen molar-refractivity contribution in [1.82, 2.24) is 0 Å². The highest BCUT2D eigenvalue weighted by atomic mass is 19.1. The van der Waals surface area contributed by atoms with Crippen LogP contribution in [0.2, 0.25) is 0 Å². The average molecular weight is 290 g/mol. The van der Waals surface area contributed by atoms with Gasteiger partial charge in [0.25, 0.3) is 11.6 Å². The third-order valence-corrected chi connectivity index (χ3v) is 2.77. The number of methoxy groups -OCH3 is 1. The van der Waals surface area contributed by atoms with Crippen LogP contribution >= 0.6 is 0 Å². The van der Waals surface area contributed by atoms with Gasteiger partial charge in [-0.25, -0.2) is 4.39 Å². The summed E-state index contributed by atoms with van der Waals surface area (Å²) >= 11 is 0. The summed E-state index contributed by atoms with van der Waals surface area (Å²) in [6.45, 7) is 0. The van der Waals surface area contributed by atoms with Gasteiger partial charge in [0.1, 0.15) is 17.3 Å². The van der Waals surface area contributed by atoms with Crippen LogP contribution in [0.4, 0.5) is 15.8 Å². The zero-order valence-electron chi connectivity index (χ0n) is 11.0. The lowest BCUT2D eigenvalue weighted by Gasteiger charge is -2.08. The molecule has 0 aliphatic rings. The highest BCUT2D eigenvalue weighted by Gasteiger charge is 2.19. The monoisotopic (exact) mass is 290 g/mol. The number of anilines is 1. The van der Waals surface area contributed by atoms with Crippen LogP contribution in [0.1, 0.15) is 10.4 Å². The molecular formula is C14H11FN2O4. The number of nitro benzene ring substituents is 1. The van der Waals surface area contributed by atoms with Crippen molar-refractivity contribution >= 4 is 17.3 Å². The quantitative estimate of drug-likeness (QED) is 0.693. The molecule has 2 rings (SSSR count). The van der Waals surface area contributed by atoms with Crippen LogP contribution in [-0.2, 0) is 0 Å². The normalized spacial score (nSPS) is 10.0. The molecule has 2 aromatic carbocycles. The van der Waals surface area contributed by atoms with E-state index in [0.29, 0.717) is 0 Å². The molecule has 0 atom stereocenters. The van der Waals surface area contributed by atoms with E-state index in [1.165, 1.54) is 43.5 Å². The van der Waals surface area contributed by atoms with E-state index in [9.17, 15) is 19.3 Å². The van der Waals surface area contributed by atoms with Gasteiger partial charge in [-0.3, -0.25) is 14.9 Å². The van der Waals surface area contributed by atoms with Crippen molar-refractivity contribution in [3.63, 3.8) is 0 Å². The van der Waals surface area contributed by atoms with Crippen LogP contribution in [0.3, 0.4) is 0 Å². The minimum atomic E-state index is -0.763. The van der Waals surface area contributed by atoms with Gasteiger partial charge in [0, 0.05) is 0 Å². The standard InChI is InChI=1S/C14H11FN2O4/c1-21-9-6-7-12(13(8-9)17(19)20)16-14(18)10-4-2-3-5-11(10)15/h2-8H,1H3,(H,16,18). The van der Waals surface area contributed by atoms with Crippen LogP contribution in [0.25, 0.3) is 0 Å². The fraction of sp³-hybridized carbons (Fsp3) is 0.0714. The van der Waals surface area contributed by atoms with Gasteiger partial charge in [0.15, 0.2) is 0 Å². The number of ether oxygens (including phenoxy) is 1. The van der Waals surface area contributed by atoms with Crippen LogP contribution in [0, 0.1) is 15.9 Å². The molecule has 21 heavy (non-hydrogen) atoms. The summed E-state index contributed by atoms with van der Waals surface area (Å²) in [7, 11) is 1.37. The third kappa shape index (κ3) is 3.14. The lowest BCUT2D eigenvalue weighted by molar-refractivity contribution is -0.384. The number of benzene rings is 2. The minimum absolute atomic E-state index is 0.0333. The summed E-state index contributed by atoms with van der Waals surface area (Å²) in [4.78, 5) is 22.3. The van der Waals surface area contributed by atoms with E-state index in [-0.39, 0.29) is 22.7 Å². The van der Waals surface area contributed by atoms with Crippen LogP contribution in [0.15, 0.2) is 42.5 Å². The van der Waals surface area contributed by atoms with Crippen molar-refractivity contribution in [2.45, 2.75) is 0 Å². The molecule has 0 radical (unpaired) electrons. The van der Waals surface area contributed by atoms with Gasteiger partial charge in [-0.15, -0.1) is 0 Å². The number of hydrogen-bond acceptors (Lipinski definition) is 4. The molecule has 0 unspecified atom stereocenters. The maximum atomic E-state index is 13.5. The van der Waals surface area contributed by atoms with Crippen LogP contribution in [0.5, 0.6) is 5.75 Å². The van der Waals surface area contributed by atoms with E-state index in [0.717, 1.165) is 6.07 Å². The van der Waals surface area contributed by atoms with Gasteiger partial charge in [-0.1, -0.05) is 12.1 Å². The Bertz CT molecular complexity index is 703. The largest absolute Gasteiger partial charge is 0.496 e. The summed E-state index contributed by atoms with van der Waals surface area (Å²) in [6, 6.07) is 9.34. The summed E-state index contributed by atoms with van der Waals surface area (Å²) < 4.78 is 18.4. The number of hydrogen-bond donors (Lipinski definition) is 1.